The summed E-state index contributed by atoms with van der Waals surface area (Å²) in [7, 11) is 0. The van der Waals surface area contributed by atoms with E-state index in [-0.39, 0.29) is 5.41 Å². The van der Waals surface area contributed by atoms with Crippen LogP contribution < -0.4 is 0 Å². The molecule has 2 aromatic heterocycles. The first-order chi connectivity index (χ1) is 11.4. The van der Waals surface area contributed by atoms with E-state index < -0.39 is 12.1 Å². The van der Waals surface area contributed by atoms with Gasteiger partial charge in [0, 0.05) is 37.2 Å². The van der Waals surface area contributed by atoms with E-state index >= 15 is 0 Å². The van der Waals surface area contributed by atoms with Gasteiger partial charge in [-0.05, 0) is 0 Å². The third-order valence-electron chi connectivity index (χ3n) is 3.07. The summed E-state index contributed by atoms with van der Waals surface area (Å²) < 4.78 is 39.1. The predicted molar refractivity (Wildman–Crippen MR) is 82.0 cm³/mol. The fourth-order valence-electron chi connectivity index (χ4n) is 1.74. The third kappa shape index (κ3) is 6.55. The van der Waals surface area contributed by atoms with Crippen molar-refractivity contribution >= 4 is 5.97 Å². The summed E-state index contributed by atoms with van der Waals surface area (Å²) >= 11 is 0. The van der Waals surface area contributed by atoms with E-state index in [4.69, 9.17) is 14.4 Å². The second-order valence-electron chi connectivity index (χ2n) is 6.21. The molecule has 0 aliphatic heterocycles. The van der Waals surface area contributed by atoms with E-state index in [1.165, 1.54) is 0 Å². The van der Waals surface area contributed by atoms with Crippen molar-refractivity contribution in [3.05, 3.63) is 29.9 Å². The lowest BCUT2D eigenvalue weighted by Crippen LogP contribution is -2.21. The third-order valence-corrected chi connectivity index (χ3v) is 3.07. The summed E-state index contributed by atoms with van der Waals surface area (Å²) in [5.41, 5.74) is -0.0642. The van der Waals surface area contributed by atoms with Gasteiger partial charge in [-0.1, -0.05) is 32.9 Å². The summed E-state index contributed by atoms with van der Waals surface area (Å²) in [6.45, 7) is 9.16. The number of aliphatic carboxylic acids is 1. The van der Waals surface area contributed by atoms with E-state index in [0.29, 0.717) is 5.89 Å². The van der Waals surface area contributed by atoms with Gasteiger partial charge in [-0.15, -0.1) is 0 Å². The summed E-state index contributed by atoms with van der Waals surface area (Å²) in [6.07, 6.45) is 0.406. The maximum absolute atomic E-state index is 10.6. The van der Waals surface area contributed by atoms with Crippen LogP contribution in [0.3, 0.4) is 0 Å². The van der Waals surface area contributed by atoms with Gasteiger partial charge in [0.2, 0.25) is 5.89 Å². The molecule has 0 atom stereocenters. The molecule has 0 aromatic carbocycles. The molecule has 2 aromatic rings. The van der Waals surface area contributed by atoms with Crippen molar-refractivity contribution in [1.82, 2.24) is 19.7 Å². The number of halogens is 3. The van der Waals surface area contributed by atoms with E-state index in [1.807, 2.05) is 12.4 Å². The lowest BCUT2D eigenvalue weighted by atomic mass is 9.96. The van der Waals surface area contributed by atoms with Gasteiger partial charge in [0.05, 0.1) is 0 Å². The number of aromatic nitrogens is 4. The molecule has 2 rings (SSSR count). The van der Waals surface area contributed by atoms with Gasteiger partial charge in [-0.2, -0.15) is 18.2 Å². The second kappa shape index (κ2) is 8.13. The molecular formula is C15H21F3N4O3. The van der Waals surface area contributed by atoms with Crippen molar-refractivity contribution in [3.8, 4) is 0 Å². The topological polar surface area (TPSA) is 94.0 Å². The molecule has 10 heteroatoms. The first-order valence-electron chi connectivity index (χ1n) is 7.58. The Hall–Kier alpha value is -2.39. The second-order valence-corrected chi connectivity index (χ2v) is 6.21. The Kier molecular flexibility index (Phi) is 6.71. The van der Waals surface area contributed by atoms with Gasteiger partial charge >= 0.3 is 12.1 Å². The number of hydrogen-bond donors (Lipinski definition) is 1. The Labute approximate surface area is 142 Å². The number of aryl methyl sites for hydroxylation is 3. The highest BCUT2D eigenvalue weighted by atomic mass is 19.4. The van der Waals surface area contributed by atoms with Gasteiger partial charge in [0.25, 0.3) is 0 Å². The lowest BCUT2D eigenvalue weighted by molar-refractivity contribution is -0.192. The van der Waals surface area contributed by atoms with Crippen LogP contribution in [-0.4, -0.2) is 36.9 Å². The number of alkyl halides is 3. The number of imidazole rings is 1. The highest BCUT2D eigenvalue weighted by molar-refractivity contribution is 5.73. The summed E-state index contributed by atoms with van der Waals surface area (Å²) in [5.74, 6) is -0.215. The molecule has 0 aliphatic rings. The van der Waals surface area contributed by atoms with Crippen molar-refractivity contribution in [2.75, 3.05) is 0 Å². The van der Waals surface area contributed by atoms with Crippen LogP contribution in [-0.2, 0) is 29.6 Å². The average Bonchev–Trinajstić information content (AvgIpc) is 3.13. The largest absolute Gasteiger partial charge is 0.490 e. The van der Waals surface area contributed by atoms with Gasteiger partial charge in [0.1, 0.15) is 5.82 Å². The zero-order chi connectivity index (χ0) is 19.3. The number of carboxylic acids is 1. The Balaban J connectivity index is 0.000000381. The minimum absolute atomic E-state index is 0.0642. The van der Waals surface area contributed by atoms with Crippen LogP contribution in [0.25, 0.3) is 0 Å². The molecule has 7 nitrogen and oxygen atoms in total. The maximum atomic E-state index is 10.6. The lowest BCUT2D eigenvalue weighted by Gasteiger charge is -2.10. The molecule has 2 heterocycles. The molecule has 0 bridgehead atoms. The van der Waals surface area contributed by atoms with Crippen LogP contribution in [0.15, 0.2) is 16.9 Å². The number of rotatable bonds is 4. The average molecular weight is 362 g/mol. The normalized spacial score (nSPS) is 11.8. The Morgan fingerprint density at radius 3 is 2.36 bits per heavy atom. The van der Waals surface area contributed by atoms with Crippen LogP contribution in [0.1, 0.15) is 45.2 Å². The summed E-state index contributed by atoms with van der Waals surface area (Å²) in [5, 5.41) is 11.1. The zero-order valence-corrected chi connectivity index (χ0v) is 14.5. The fourth-order valence-corrected chi connectivity index (χ4v) is 1.74. The SMILES string of the molecule is CCc1nccn1CCc1nc(C(C)(C)C)no1.O=C(O)C(F)(F)F. The van der Waals surface area contributed by atoms with Crippen molar-refractivity contribution in [2.24, 2.45) is 0 Å². The first kappa shape index (κ1) is 20.7. The minimum Gasteiger partial charge on any atom is -0.475 e. The highest BCUT2D eigenvalue weighted by Crippen LogP contribution is 2.18. The van der Waals surface area contributed by atoms with Crippen LogP contribution in [0.2, 0.25) is 0 Å². The molecule has 0 amide bonds. The maximum Gasteiger partial charge on any atom is 0.490 e. The molecule has 0 fully saturated rings. The smallest absolute Gasteiger partial charge is 0.475 e. The molecule has 140 valence electrons. The zero-order valence-electron chi connectivity index (χ0n) is 14.5. The van der Waals surface area contributed by atoms with Crippen molar-refractivity contribution in [3.63, 3.8) is 0 Å². The summed E-state index contributed by atoms with van der Waals surface area (Å²) in [6, 6.07) is 0. The molecule has 25 heavy (non-hydrogen) atoms. The summed E-state index contributed by atoms with van der Waals surface area (Å²) in [4.78, 5) is 17.6. The van der Waals surface area contributed by atoms with Gasteiger partial charge in [-0.3, -0.25) is 0 Å². The van der Waals surface area contributed by atoms with Gasteiger partial charge in [-0.25, -0.2) is 9.78 Å². The molecular weight excluding hydrogens is 341 g/mol. The van der Waals surface area contributed by atoms with Crippen LogP contribution in [0.4, 0.5) is 13.2 Å². The van der Waals surface area contributed by atoms with Crippen molar-refractivity contribution in [2.45, 2.75) is 58.7 Å². The van der Waals surface area contributed by atoms with Crippen molar-refractivity contribution in [1.29, 1.82) is 0 Å². The number of carboxylic acid groups (broad SMARTS) is 1. The number of hydrogen-bond acceptors (Lipinski definition) is 5. The van der Waals surface area contributed by atoms with Crippen LogP contribution in [0.5, 0.6) is 0 Å². The molecule has 0 unspecified atom stereocenters. The Bertz CT molecular complexity index is 687. The van der Waals surface area contributed by atoms with E-state index in [2.05, 4.69) is 47.4 Å². The molecule has 0 aliphatic carbocycles. The van der Waals surface area contributed by atoms with E-state index in [0.717, 1.165) is 31.0 Å². The standard InChI is InChI=1S/C13H20N4O.C2HF3O2/c1-5-10-14-7-9-17(10)8-6-11-15-12(16-18-11)13(2,3)4;3-2(4,5)1(6)7/h7,9H,5-6,8H2,1-4H3;(H,6,7). The molecule has 1 N–H and O–H groups in total. The molecule has 0 spiro atoms. The van der Waals surface area contributed by atoms with Gasteiger partial charge in [0.15, 0.2) is 5.82 Å². The van der Waals surface area contributed by atoms with E-state index in [1.54, 1.807) is 0 Å². The van der Waals surface area contributed by atoms with Crippen LogP contribution in [0, 0.1) is 0 Å². The molecule has 0 radical (unpaired) electrons. The molecule has 0 saturated heterocycles. The number of nitrogens with zero attached hydrogens (tertiary/aromatic N) is 4. The minimum atomic E-state index is -5.08. The Morgan fingerprint density at radius 1 is 1.32 bits per heavy atom. The number of carbonyl (C=O) groups is 1. The first-order valence-corrected chi connectivity index (χ1v) is 7.58. The molecule has 0 saturated carbocycles. The van der Waals surface area contributed by atoms with E-state index in [9.17, 15) is 13.2 Å². The van der Waals surface area contributed by atoms with Gasteiger partial charge < -0.3 is 14.2 Å². The predicted octanol–water partition coefficient (Wildman–Crippen LogP) is 3.00. The quantitative estimate of drug-likeness (QED) is 0.899. The van der Waals surface area contributed by atoms with Crippen LogP contribution >= 0.6 is 0 Å². The monoisotopic (exact) mass is 362 g/mol. The Morgan fingerprint density at radius 2 is 1.92 bits per heavy atom. The fraction of sp³-hybridized carbons (Fsp3) is 0.600. The van der Waals surface area contributed by atoms with Crippen molar-refractivity contribution < 1.29 is 27.6 Å². The highest BCUT2D eigenvalue weighted by Gasteiger charge is 2.38.